The van der Waals surface area contributed by atoms with Crippen molar-refractivity contribution >= 4 is 44.5 Å². The first-order valence-corrected chi connectivity index (χ1v) is 11.1. The van der Waals surface area contributed by atoms with Crippen LogP contribution in [-0.2, 0) is 0 Å². The second-order valence-corrected chi connectivity index (χ2v) is 8.62. The molecule has 4 amide bonds. The number of hydrogen-bond donors (Lipinski definition) is 5. The van der Waals surface area contributed by atoms with Gasteiger partial charge in [0.15, 0.2) is 0 Å². The second-order valence-electron chi connectivity index (χ2n) is 7.57. The van der Waals surface area contributed by atoms with E-state index in [1.165, 1.54) is 11.3 Å². The summed E-state index contributed by atoms with van der Waals surface area (Å²) in [6.07, 6.45) is 2.84. The highest BCUT2D eigenvalue weighted by molar-refractivity contribution is 7.23. The Morgan fingerprint density at radius 1 is 1.00 bits per heavy atom. The number of nitrogens with one attached hydrogen (secondary N) is 4. The summed E-state index contributed by atoms with van der Waals surface area (Å²) in [5.74, 6) is 0.551. The monoisotopic (exact) mass is 432 g/mol. The lowest BCUT2D eigenvalue weighted by Crippen LogP contribution is -2.34. The molecule has 0 saturated heterocycles. The topological polar surface area (TPSA) is 120 Å². The summed E-state index contributed by atoms with van der Waals surface area (Å²) in [5.41, 5.74) is 0.501. The summed E-state index contributed by atoms with van der Waals surface area (Å²) in [7, 11) is 0. The zero-order valence-corrected chi connectivity index (χ0v) is 17.8. The van der Waals surface area contributed by atoms with Gasteiger partial charge in [0, 0.05) is 29.7 Å². The van der Waals surface area contributed by atoms with Crippen molar-refractivity contribution in [1.29, 1.82) is 0 Å². The van der Waals surface area contributed by atoms with E-state index in [4.69, 9.17) is 5.11 Å². The number of carboxylic acid groups (broad SMARTS) is 1. The largest absolute Gasteiger partial charge is 0.465 e. The van der Waals surface area contributed by atoms with E-state index in [1.54, 1.807) is 0 Å². The van der Waals surface area contributed by atoms with Crippen molar-refractivity contribution in [3.8, 4) is 0 Å². The van der Waals surface area contributed by atoms with Gasteiger partial charge >= 0.3 is 12.1 Å². The molecule has 0 unspecified atom stereocenters. The van der Waals surface area contributed by atoms with Gasteiger partial charge in [0.05, 0.1) is 5.56 Å². The van der Waals surface area contributed by atoms with Gasteiger partial charge in [-0.15, -0.1) is 11.3 Å². The number of hydrogen-bond acceptors (Lipinski definition) is 4. The normalized spacial score (nSPS) is 18.6. The predicted molar refractivity (Wildman–Crippen MR) is 118 cm³/mol. The SMILES string of the molecule is CCNC(=O)Nc1sc2ccccc2c1C(=O)NCC1CCC(CNC(=O)O)CC1. The van der Waals surface area contributed by atoms with Gasteiger partial charge in [-0.1, -0.05) is 18.2 Å². The molecule has 1 aliphatic rings. The first-order chi connectivity index (χ1) is 14.5. The van der Waals surface area contributed by atoms with Gasteiger partial charge in [0.25, 0.3) is 5.91 Å². The number of urea groups is 1. The molecule has 0 bridgehead atoms. The van der Waals surface area contributed by atoms with E-state index < -0.39 is 6.09 Å². The molecule has 30 heavy (non-hydrogen) atoms. The smallest absolute Gasteiger partial charge is 0.404 e. The van der Waals surface area contributed by atoms with Crippen LogP contribution in [0.4, 0.5) is 14.6 Å². The number of fused-ring (bicyclic) bond motifs is 1. The molecule has 8 nitrogen and oxygen atoms in total. The van der Waals surface area contributed by atoms with Crippen LogP contribution in [-0.4, -0.2) is 42.8 Å². The molecule has 1 saturated carbocycles. The average molecular weight is 433 g/mol. The van der Waals surface area contributed by atoms with Crippen molar-refractivity contribution < 1.29 is 19.5 Å². The first-order valence-electron chi connectivity index (χ1n) is 10.3. The van der Waals surface area contributed by atoms with Gasteiger partial charge in [-0.3, -0.25) is 10.1 Å². The van der Waals surface area contributed by atoms with E-state index in [0.29, 0.717) is 42.0 Å². The lowest BCUT2D eigenvalue weighted by molar-refractivity contribution is 0.0943. The summed E-state index contributed by atoms with van der Waals surface area (Å²) in [6.45, 7) is 3.40. The van der Waals surface area contributed by atoms with Crippen LogP contribution in [0.3, 0.4) is 0 Å². The van der Waals surface area contributed by atoms with Crippen LogP contribution in [0, 0.1) is 11.8 Å². The Balaban J connectivity index is 1.61. The zero-order chi connectivity index (χ0) is 21.5. The maximum Gasteiger partial charge on any atom is 0.404 e. The van der Waals surface area contributed by atoms with Gasteiger partial charge in [-0.2, -0.15) is 0 Å². The average Bonchev–Trinajstić information content (AvgIpc) is 3.09. The molecule has 0 radical (unpaired) electrons. The van der Waals surface area contributed by atoms with E-state index in [2.05, 4.69) is 21.3 Å². The third-order valence-corrected chi connectivity index (χ3v) is 6.53. The molecule has 0 spiro atoms. The fraction of sp³-hybridized carbons (Fsp3) is 0.476. The fourth-order valence-corrected chi connectivity index (χ4v) is 4.96. The van der Waals surface area contributed by atoms with E-state index >= 15 is 0 Å². The number of rotatable bonds is 7. The Kier molecular flexibility index (Phi) is 7.51. The van der Waals surface area contributed by atoms with Gasteiger partial charge in [-0.05, 0) is 50.5 Å². The van der Waals surface area contributed by atoms with Crippen molar-refractivity contribution in [2.75, 3.05) is 25.0 Å². The summed E-state index contributed by atoms with van der Waals surface area (Å²) >= 11 is 1.39. The summed E-state index contributed by atoms with van der Waals surface area (Å²) in [4.78, 5) is 35.7. The highest BCUT2D eigenvalue weighted by atomic mass is 32.1. The number of thiophene rings is 1. The molecule has 3 rings (SSSR count). The second kappa shape index (κ2) is 10.3. The fourth-order valence-electron chi connectivity index (χ4n) is 3.86. The summed E-state index contributed by atoms with van der Waals surface area (Å²) in [6, 6.07) is 7.30. The van der Waals surface area contributed by atoms with E-state index in [1.807, 2.05) is 31.2 Å². The molecule has 1 fully saturated rings. The molecule has 1 heterocycles. The van der Waals surface area contributed by atoms with Crippen molar-refractivity contribution in [3.63, 3.8) is 0 Å². The Morgan fingerprint density at radius 3 is 2.27 bits per heavy atom. The third-order valence-electron chi connectivity index (χ3n) is 5.45. The predicted octanol–water partition coefficient (Wildman–Crippen LogP) is 3.85. The maximum atomic E-state index is 13.0. The Morgan fingerprint density at radius 2 is 1.63 bits per heavy atom. The molecule has 9 heteroatoms. The van der Waals surface area contributed by atoms with Crippen molar-refractivity contribution in [2.24, 2.45) is 11.8 Å². The molecular formula is C21H28N4O4S. The first kappa shape index (κ1) is 21.9. The molecule has 162 valence electrons. The van der Waals surface area contributed by atoms with E-state index in [9.17, 15) is 14.4 Å². The number of carbonyl (C=O) groups is 3. The van der Waals surface area contributed by atoms with Crippen LogP contribution in [0.5, 0.6) is 0 Å². The lowest BCUT2D eigenvalue weighted by atomic mass is 9.82. The van der Waals surface area contributed by atoms with Crippen LogP contribution in [0.15, 0.2) is 24.3 Å². The third kappa shape index (κ3) is 5.63. The van der Waals surface area contributed by atoms with Gasteiger partial charge in [0.2, 0.25) is 0 Å². The van der Waals surface area contributed by atoms with E-state index in [0.717, 1.165) is 35.8 Å². The molecular weight excluding hydrogens is 404 g/mol. The highest BCUT2D eigenvalue weighted by Gasteiger charge is 2.24. The molecule has 1 aromatic carbocycles. The Labute approximate surface area is 179 Å². The quantitative estimate of drug-likeness (QED) is 0.456. The number of amides is 4. The Bertz CT molecular complexity index is 906. The zero-order valence-electron chi connectivity index (χ0n) is 17.0. The highest BCUT2D eigenvalue weighted by Crippen LogP contribution is 2.36. The summed E-state index contributed by atoms with van der Waals surface area (Å²) in [5, 5.41) is 21.1. The van der Waals surface area contributed by atoms with Gasteiger partial charge < -0.3 is 21.1 Å². The molecule has 1 aromatic heterocycles. The number of carbonyl (C=O) groups excluding carboxylic acids is 2. The molecule has 2 aromatic rings. The number of benzene rings is 1. The van der Waals surface area contributed by atoms with Crippen molar-refractivity contribution in [3.05, 3.63) is 29.8 Å². The molecule has 0 aliphatic heterocycles. The van der Waals surface area contributed by atoms with Crippen LogP contribution < -0.4 is 21.3 Å². The summed E-state index contributed by atoms with van der Waals surface area (Å²) < 4.78 is 0.945. The van der Waals surface area contributed by atoms with Crippen LogP contribution in [0.25, 0.3) is 10.1 Å². The van der Waals surface area contributed by atoms with Crippen LogP contribution in [0.2, 0.25) is 0 Å². The number of anilines is 1. The van der Waals surface area contributed by atoms with E-state index in [-0.39, 0.29) is 11.9 Å². The Hall–Kier alpha value is -2.81. The lowest BCUT2D eigenvalue weighted by Gasteiger charge is -2.28. The van der Waals surface area contributed by atoms with Crippen LogP contribution >= 0.6 is 11.3 Å². The molecule has 1 aliphatic carbocycles. The van der Waals surface area contributed by atoms with Crippen LogP contribution in [0.1, 0.15) is 43.0 Å². The maximum absolute atomic E-state index is 13.0. The van der Waals surface area contributed by atoms with Crippen molar-refractivity contribution in [1.82, 2.24) is 16.0 Å². The molecule has 5 N–H and O–H groups in total. The van der Waals surface area contributed by atoms with Gasteiger partial charge in [0.1, 0.15) is 5.00 Å². The minimum Gasteiger partial charge on any atom is -0.465 e. The standard InChI is InChI=1S/C21H28N4O4S/c1-2-22-20(27)25-19-17(15-5-3-4-6-16(15)30-19)18(26)23-11-13-7-9-14(10-8-13)12-24-21(28)29/h3-6,13-14,24H,2,7-12H2,1H3,(H,23,26)(H,28,29)(H2,22,25,27). The molecule has 0 atom stereocenters. The van der Waals surface area contributed by atoms with Crippen molar-refractivity contribution in [2.45, 2.75) is 32.6 Å². The minimum atomic E-state index is -0.982. The minimum absolute atomic E-state index is 0.186. The van der Waals surface area contributed by atoms with Gasteiger partial charge in [-0.25, -0.2) is 9.59 Å².